The Morgan fingerprint density at radius 1 is 1.14 bits per heavy atom. The molecule has 0 radical (unpaired) electrons. The fraction of sp³-hybridized carbons (Fsp3) is 0.222. The summed E-state index contributed by atoms with van der Waals surface area (Å²) in [5, 5.41) is 2.95. The largest absolute Gasteiger partial charge is 0.348 e. The average molecular weight is 293 g/mol. The minimum Gasteiger partial charge on any atom is -0.348 e. The summed E-state index contributed by atoms with van der Waals surface area (Å²) >= 11 is 0. The molecule has 0 bridgehead atoms. The first-order chi connectivity index (χ1) is 10.8. The monoisotopic (exact) mass is 293 g/mol. The molecule has 0 fully saturated rings. The van der Waals surface area contributed by atoms with Gasteiger partial charge in [0.1, 0.15) is 0 Å². The lowest BCUT2D eigenvalue weighted by molar-refractivity contribution is 0.0951. The minimum absolute atomic E-state index is 0.0749. The maximum atomic E-state index is 12.2. The number of nitrogens with one attached hydrogen (secondary N) is 2. The van der Waals surface area contributed by atoms with Crippen LogP contribution in [-0.2, 0) is 13.0 Å². The number of aromatic amines is 1. The molecule has 0 spiro atoms. The van der Waals surface area contributed by atoms with Gasteiger partial charge in [-0.15, -0.1) is 0 Å². The molecule has 4 nitrogen and oxygen atoms in total. The Hall–Kier alpha value is -2.62. The van der Waals surface area contributed by atoms with E-state index in [1.807, 2.05) is 12.1 Å². The van der Waals surface area contributed by atoms with Gasteiger partial charge in [-0.2, -0.15) is 0 Å². The molecule has 0 saturated heterocycles. The third-order valence-corrected chi connectivity index (χ3v) is 3.70. The lowest BCUT2D eigenvalue weighted by Crippen LogP contribution is -2.22. The van der Waals surface area contributed by atoms with Gasteiger partial charge in [-0.3, -0.25) is 4.79 Å². The van der Waals surface area contributed by atoms with E-state index in [1.54, 1.807) is 12.4 Å². The van der Waals surface area contributed by atoms with Gasteiger partial charge in [-0.1, -0.05) is 37.6 Å². The van der Waals surface area contributed by atoms with Crippen LogP contribution in [0.15, 0.2) is 48.8 Å². The molecule has 22 heavy (non-hydrogen) atoms. The van der Waals surface area contributed by atoms with Gasteiger partial charge in [0, 0.05) is 12.1 Å². The van der Waals surface area contributed by atoms with Crippen molar-refractivity contribution in [1.82, 2.24) is 15.3 Å². The molecule has 1 heterocycles. The van der Waals surface area contributed by atoms with Crippen LogP contribution in [0.25, 0.3) is 11.0 Å². The van der Waals surface area contributed by atoms with E-state index in [1.165, 1.54) is 5.56 Å². The molecule has 3 rings (SSSR count). The van der Waals surface area contributed by atoms with Crippen molar-refractivity contribution < 1.29 is 4.79 Å². The molecule has 1 aromatic heterocycles. The number of amides is 1. The molecule has 0 aliphatic carbocycles. The number of benzene rings is 2. The molecule has 3 aromatic rings. The van der Waals surface area contributed by atoms with E-state index >= 15 is 0 Å². The quantitative estimate of drug-likeness (QED) is 0.757. The van der Waals surface area contributed by atoms with Crippen LogP contribution in [-0.4, -0.2) is 15.9 Å². The predicted molar refractivity (Wildman–Crippen MR) is 87.7 cm³/mol. The van der Waals surface area contributed by atoms with Crippen LogP contribution in [0.1, 0.15) is 34.8 Å². The van der Waals surface area contributed by atoms with Crippen molar-refractivity contribution in [2.45, 2.75) is 26.3 Å². The average Bonchev–Trinajstić information content (AvgIpc) is 3.01. The van der Waals surface area contributed by atoms with Crippen LogP contribution in [0, 0.1) is 0 Å². The SMILES string of the molecule is CCCc1ccc(CNC(=O)c2ccc3nc[nH]c3c2)cc1. The molecular formula is C18H19N3O. The van der Waals surface area contributed by atoms with E-state index in [2.05, 4.69) is 46.5 Å². The fourth-order valence-electron chi connectivity index (χ4n) is 2.47. The summed E-state index contributed by atoms with van der Waals surface area (Å²) in [7, 11) is 0. The molecule has 0 unspecified atom stereocenters. The number of hydrogen-bond donors (Lipinski definition) is 2. The van der Waals surface area contributed by atoms with Gasteiger partial charge in [0.25, 0.3) is 5.91 Å². The van der Waals surface area contributed by atoms with E-state index in [9.17, 15) is 4.79 Å². The highest BCUT2D eigenvalue weighted by Crippen LogP contribution is 2.12. The summed E-state index contributed by atoms with van der Waals surface area (Å²) < 4.78 is 0. The molecule has 2 N–H and O–H groups in total. The van der Waals surface area contributed by atoms with Gasteiger partial charge in [0.15, 0.2) is 0 Å². The molecular weight excluding hydrogens is 274 g/mol. The standard InChI is InChI=1S/C18H19N3O/c1-2-3-13-4-6-14(7-5-13)11-19-18(22)15-8-9-16-17(10-15)21-12-20-16/h4-10,12H,2-3,11H2,1H3,(H,19,22)(H,20,21). The van der Waals surface area contributed by atoms with Crippen LogP contribution in [0.3, 0.4) is 0 Å². The number of fused-ring (bicyclic) bond motifs is 1. The van der Waals surface area contributed by atoms with Crippen molar-refractivity contribution in [2.75, 3.05) is 0 Å². The first kappa shape index (κ1) is 14.3. The van der Waals surface area contributed by atoms with Gasteiger partial charge in [0.05, 0.1) is 17.4 Å². The highest BCUT2D eigenvalue weighted by Gasteiger charge is 2.07. The van der Waals surface area contributed by atoms with E-state index in [0.717, 1.165) is 29.4 Å². The Morgan fingerprint density at radius 2 is 1.91 bits per heavy atom. The van der Waals surface area contributed by atoms with Crippen molar-refractivity contribution in [3.05, 3.63) is 65.5 Å². The normalized spacial score (nSPS) is 10.8. The minimum atomic E-state index is -0.0749. The second-order valence-electron chi connectivity index (χ2n) is 5.38. The molecule has 0 atom stereocenters. The second kappa shape index (κ2) is 6.43. The Labute approximate surface area is 129 Å². The Morgan fingerprint density at radius 3 is 2.68 bits per heavy atom. The van der Waals surface area contributed by atoms with Crippen LogP contribution < -0.4 is 5.32 Å². The lowest BCUT2D eigenvalue weighted by Gasteiger charge is -2.06. The number of hydrogen-bond acceptors (Lipinski definition) is 2. The topological polar surface area (TPSA) is 57.8 Å². The Kier molecular flexibility index (Phi) is 4.19. The number of aromatic nitrogens is 2. The van der Waals surface area contributed by atoms with Gasteiger partial charge >= 0.3 is 0 Å². The number of carbonyl (C=O) groups is 1. The summed E-state index contributed by atoms with van der Waals surface area (Å²) in [6, 6.07) is 13.9. The molecule has 1 amide bonds. The highest BCUT2D eigenvalue weighted by atomic mass is 16.1. The number of H-pyrrole nitrogens is 1. The van der Waals surface area contributed by atoms with E-state index < -0.39 is 0 Å². The smallest absolute Gasteiger partial charge is 0.251 e. The number of nitrogens with zero attached hydrogens (tertiary/aromatic N) is 1. The molecule has 0 saturated carbocycles. The zero-order valence-electron chi connectivity index (χ0n) is 12.6. The van der Waals surface area contributed by atoms with E-state index in [0.29, 0.717) is 12.1 Å². The third kappa shape index (κ3) is 3.17. The van der Waals surface area contributed by atoms with Gasteiger partial charge in [-0.05, 0) is 35.7 Å². The lowest BCUT2D eigenvalue weighted by atomic mass is 10.1. The molecule has 4 heteroatoms. The van der Waals surface area contributed by atoms with Crippen LogP contribution in [0.4, 0.5) is 0 Å². The van der Waals surface area contributed by atoms with Crippen molar-refractivity contribution in [3.63, 3.8) is 0 Å². The van der Waals surface area contributed by atoms with Crippen LogP contribution in [0.2, 0.25) is 0 Å². The van der Waals surface area contributed by atoms with Crippen LogP contribution in [0.5, 0.6) is 0 Å². The summed E-state index contributed by atoms with van der Waals surface area (Å²) in [6.07, 6.45) is 3.87. The maximum Gasteiger partial charge on any atom is 0.251 e. The zero-order valence-corrected chi connectivity index (χ0v) is 12.6. The van der Waals surface area contributed by atoms with E-state index in [-0.39, 0.29) is 5.91 Å². The second-order valence-corrected chi connectivity index (χ2v) is 5.38. The fourth-order valence-corrected chi connectivity index (χ4v) is 2.47. The molecule has 2 aromatic carbocycles. The molecule has 0 aliphatic heterocycles. The number of carbonyl (C=O) groups excluding carboxylic acids is 1. The summed E-state index contributed by atoms with van der Waals surface area (Å²) in [5.74, 6) is -0.0749. The Balaban J connectivity index is 1.63. The van der Waals surface area contributed by atoms with Crippen molar-refractivity contribution in [3.8, 4) is 0 Å². The van der Waals surface area contributed by atoms with Gasteiger partial charge in [0.2, 0.25) is 0 Å². The van der Waals surface area contributed by atoms with E-state index in [4.69, 9.17) is 0 Å². The Bertz CT molecular complexity index is 774. The van der Waals surface area contributed by atoms with Gasteiger partial charge < -0.3 is 10.3 Å². The zero-order chi connectivity index (χ0) is 15.4. The number of aryl methyl sites for hydroxylation is 1. The summed E-state index contributed by atoms with van der Waals surface area (Å²) in [5.41, 5.74) is 4.82. The van der Waals surface area contributed by atoms with Crippen molar-refractivity contribution >= 4 is 16.9 Å². The summed E-state index contributed by atoms with van der Waals surface area (Å²) in [4.78, 5) is 19.4. The van der Waals surface area contributed by atoms with Crippen molar-refractivity contribution in [1.29, 1.82) is 0 Å². The first-order valence-electron chi connectivity index (χ1n) is 7.55. The highest BCUT2D eigenvalue weighted by molar-refractivity contribution is 5.97. The number of imidazole rings is 1. The molecule has 0 aliphatic rings. The maximum absolute atomic E-state index is 12.2. The number of rotatable bonds is 5. The third-order valence-electron chi connectivity index (χ3n) is 3.70. The van der Waals surface area contributed by atoms with Crippen LogP contribution >= 0.6 is 0 Å². The summed E-state index contributed by atoms with van der Waals surface area (Å²) in [6.45, 7) is 2.71. The first-order valence-corrected chi connectivity index (χ1v) is 7.55. The van der Waals surface area contributed by atoms with Crippen molar-refractivity contribution in [2.24, 2.45) is 0 Å². The molecule has 112 valence electrons. The van der Waals surface area contributed by atoms with Gasteiger partial charge in [-0.25, -0.2) is 4.98 Å². The predicted octanol–water partition coefficient (Wildman–Crippen LogP) is 3.45.